The van der Waals surface area contributed by atoms with E-state index >= 15 is 0 Å². The van der Waals surface area contributed by atoms with Crippen molar-refractivity contribution in [3.63, 3.8) is 0 Å². The number of benzene rings is 1. The first-order valence-electron chi connectivity index (χ1n) is 12.9. The number of likely N-dealkylation sites (tertiary alicyclic amines) is 1. The lowest BCUT2D eigenvalue weighted by Gasteiger charge is -2.32. The van der Waals surface area contributed by atoms with Gasteiger partial charge in [0.25, 0.3) is 5.91 Å². The van der Waals surface area contributed by atoms with Crippen LogP contribution in [-0.2, 0) is 11.8 Å². The van der Waals surface area contributed by atoms with Gasteiger partial charge in [-0.1, -0.05) is 37.4 Å². The van der Waals surface area contributed by atoms with Crippen LogP contribution in [0, 0.1) is 11.3 Å². The van der Waals surface area contributed by atoms with Crippen LogP contribution in [-0.4, -0.2) is 46.7 Å². The predicted octanol–water partition coefficient (Wildman–Crippen LogP) is 6.19. The number of fused-ring (bicyclic) bond motifs is 1. The van der Waals surface area contributed by atoms with Gasteiger partial charge in [-0.2, -0.15) is 8.78 Å². The number of hydrogen-bond donors (Lipinski definition) is 3. The van der Waals surface area contributed by atoms with Crippen LogP contribution in [0.3, 0.4) is 0 Å². The quantitative estimate of drug-likeness (QED) is 0.157. The minimum absolute atomic E-state index is 0.0404. The molecule has 1 amide bonds. The zero-order valence-electron chi connectivity index (χ0n) is 22.6. The molecule has 2 aromatic heterocycles. The number of alkyl halides is 2. The Morgan fingerprint density at radius 3 is 2.59 bits per heavy atom. The number of rotatable bonds is 9. The second kappa shape index (κ2) is 12.3. The fourth-order valence-corrected chi connectivity index (χ4v) is 4.92. The Hall–Kier alpha value is -3.90. The molecular weight excluding hydrogens is 555 g/mol. The van der Waals surface area contributed by atoms with Gasteiger partial charge in [0, 0.05) is 41.2 Å². The molecule has 1 aliphatic heterocycles. The number of nitrogens with zero attached hydrogens (tertiary/aromatic N) is 3. The molecule has 1 fully saturated rings. The molecule has 3 heterocycles. The monoisotopic (exact) mass is 585 g/mol. The Balaban J connectivity index is 1.61. The minimum Gasteiger partial charge on any atom is -0.494 e. The molecule has 1 saturated heterocycles. The lowest BCUT2D eigenvalue weighted by atomic mass is 9.87. The molecule has 0 unspecified atom stereocenters. The second-order valence-corrected chi connectivity index (χ2v) is 9.94. The number of allylic oxidation sites excluding steroid dienone is 5. The molecule has 3 aromatic rings. The van der Waals surface area contributed by atoms with E-state index in [0.717, 1.165) is 6.07 Å². The lowest BCUT2D eigenvalue weighted by molar-refractivity contribution is 0.0702. The normalized spacial score (nSPS) is 15.3. The SMILES string of the molecule is C=C/C=C(C(=N)C1CCN(C(=O)c2nc(-c3ccc(OC)c4nc(C(F)(F)S)ccc34)oc2CN)CC1)\C(F)=C/C. The fraction of sp³-hybridized carbons (Fsp3) is 0.310. The molecule has 41 heavy (non-hydrogen) atoms. The van der Waals surface area contributed by atoms with Gasteiger partial charge in [-0.3, -0.25) is 4.79 Å². The molecule has 0 atom stereocenters. The minimum atomic E-state index is -3.46. The molecule has 8 nitrogen and oxygen atoms in total. The number of halogens is 3. The van der Waals surface area contributed by atoms with Crippen molar-refractivity contribution in [2.75, 3.05) is 20.2 Å². The summed E-state index contributed by atoms with van der Waals surface area (Å²) in [6, 6.07) is 5.77. The summed E-state index contributed by atoms with van der Waals surface area (Å²) in [4.78, 5) is 23.6. The lowest BCUT2D eigenvalue weighted by Crippen LogP contribution is -2.41. The average molecular weight is 586 g/mol. The van der Waals surface area contributed by atoms with E-state index in [9.17, 15) is 18.0 Å². The van der Waals surface area contributed by atoms with E-state index in [-0.39, 0.29) is 58.3 Å². The summed E-state index contributed by atoms with van der Waals surface area (Å²) in [6.07, 6.45) is 5.15. The highest BCUT2D eigenvalue weighted by Gasteiger charge is 2.32. The van der Waals surface area contributed by atoms with Crippen LogP contribution in [0.1, 0.15) is 41.7 Å². The van der Waals surface area contributed by atoms with Gasteiger partial charge in [0.15, 0.2) is 11.5 Å². The van der Waals surface area contributed by atoms with Gasteiger partial charge < -0.3 is 25.2 Å². The number of ether oxygens (including phenoxy) is 1. The van der Waals surface area contributed by atoms with Crippen molar-refractivity contribution < 1.29 is 27.1 Å². The predicted molar refractivity (Wildman–Crippen MR) is 154 cm³/mol. The van der Waals surface area contributed by atoms with E-state index in [1.165, 1.54) is 31.4 Å². The number of nitrogens with one attached hydrogen (secondary N) is 1. The van der Waals surface area contributed by atoms with Crippen LogP contribution in [0.5, 0.6) is 5.75 Å². The summed E-state index contributed by atoms with van der Waals surface area (Å²) in [5.41, 5.74) is 6.30. The maximum atomic E-state index is 14.3. The number of thiol groups is 1. The standard InChI is InChI=1S/C29H30F3N5O3S/c1-4-6-19(20(30)5-2)24(34)16-11-13-37(14-12-16)28(38)26-22(15-33)40-27(36-26)18-7-9-21(39-3)25-17(18)8-10-23(35-25)29(31,32)41/h4-10,16,34,41H,1,11-15,33H2,2-3H3/b19-6+,20-5+,34-24?. The first-order chi connectivity index (χ1) is 19.5. The molecule has 3 N–H and O–H groups in total. The summed E-state index contributed by atoms with van der Waals surface area (Å²) in [5.74, 6) is -0.606. The molecule has 0 radical (unpaired) electrons. The summed E-state index contributed by atoms with van der Waals surface area (Å²) < 4.78 is 53.2. The molecular formula is C29H30F3N5O3S. The molecule has 216 valence electrons. The van der Waals surface area contributed by atoms with Crippen LogP contribution >= 0.6 is 12.6 Å². The smallest absolute Gasteiger partial charge is 0.333 e. The Kier molecular flexibility index (Phi) is 9.03. The summed E-state index contributed by atoms with van der Waals surface area (Å²) in [5, 5.41) is 5.48. The number of piperidine rings is 1. The first kappa shape index (κ1) is 30.1. The highest BCUT2D eigenvalue weighted by Crippen LogP contribution is 2.38. The number of hydrogen-bond acceptors (Lipinski definition) is 8. The van der Waals surface area contributed by atoms with Gasteiger partial charge in [0.2, 0.25) is 5.89 Å². The highest BCUT2D eigenvalue weighted by atomic mass is 32.1. The number of carbonyl (C=O) groups is 1. The van der Waals surface area contributed by atoms with Gasteiger partial charge in [-0.25, -0.2) is 14.4 Å². The van der Waals surface area contributed by atoms with Crippen molar-refractivity contribution in [1.82, 2.24) is 14.9 Å². The Morgan fingerprint density at radius 2 is 2.00 bits per heavy atom. The van der Waals surface area contributed by atoms with E-state index in [4.69, 9.17) is 20.3 Å². The maximum Gasteiger partial charge on any atom is 0.333 e. The van der Waals surface area contributed by atoms with Crippen molar-refractivity contribution in [2.45, 2.75) is 31.6 Å². The van der Waals surface area contributed by atoms with Crippen molar-refractivity contribution in [3.05, 3.63) is 77.6 Å². The van der Waals surface area contributed by atoms with E-state index in [1.807, 2.05) is 0 Å². The zero-order valence-corrected chi connectivity index (χ0v) is 23.5. The molecule has 4 rings (SSSR count). The van der Waals surface area contributed by atoms with Gasteiger partial charge >= 0.3 is 5.25 Å². The Morgan fingerprint density at radius 1 is 1.29 bits per heavy atom. The molecule has 12 heteroatoms. The number of aromatic nitrogens is 2. The fourth-order valence-electron chi connectivity index (χ4n) is 4.80. The molecule has 0 spiro atoms. The average Bonchev–Trinajstić information content (AvgIpc) is 3.41. The Bertz CT molecular complexity index is 1550. The summed E-state index contributed by atoms with van der Waals surface area (Å²) in [7, 11) is 1.40. The van der Waals surface area contributed by atoms with Crippen LogP contribution in [0.2, 0.25) is 0 Å². The number of nitrogens with two attached hydrogens (primary N) is 1. The van der Waals surface area contributed by atoms with Gasteiger partial charge in [-0.15, -0.1) is 0 Å². The molecule has 1 aromatic carbocycles. The van der Waals surface area contributed by atoms with Crippen LogP contribution in [0.15, 0.2) is 64.9 Å². The number of carbonyl (C=O) groups excluding carboxylic acids is 1. The molecule has 0 aliphatic carbocycles. The first-order valence-corrected chi connectivity index (χ1v) is 13.3. The van der Waals surface area contributed by atoms with Crippen molar-refractivity contribution in [3.8, 4) is 17.2 Å². The van der Waals surface area contributed by atoms with Crippen molar-refractivity contribution >= 4 is 35.2 Å². The van der Waals surface area contributed by atoms with E-state index < -0.39 is 16.8 Å². The number of oxazole rings is 1. The second-order valence-electron chi connectivity index (χ2n) is 9.38. The summed E-state index contributed by atoms with van der Waals surface area (Å²) >= 11 is 3.32. The van der Waals surface area contributed by atoms with E-state index in [2.05, 4.69) is 29.2 Å². The largest absolute Gasteiger partial charge is 0.494 e. The van der Waals surface area contributed by atoms with E-state index in [0.29, 0.717) is 36.9 Å². The third-order valence-corrected chi connectivity index (χ3v) is 7.17. The van der Waals surface area contributed by atoms with Gasteiger partial charge in [-0.05, 0) is 44.0 Å². The molecule has 1 aliphatic rings. The van der Waals surface area contributed by atoms with Crippen LogP contribution < -0.4 is 10.5 Å². The molecule has 0 bridgehead atoms. The van der Waals surface area contributed by atoms with Crippen LogP contribution in [0.4, 0.5) is 13.2 Å². The summed E-state index contributed by atoms with van der Waals surface area (Å²) in [6.45, 7) is 5.72. The third kappa shape index (κ3) is 6.08. The van der Waals surface area contributed by atoms with Crippen molar-refractivity contribution in [2.24, 2.45) is 11.7 Å². The zero-order chi connectivity index (χ0) is 29.9. The third-order valence-electron chi connectivity index (χ3n) is 6.94. The van der Waals surface area contributed by atoms with Crippen molar-refractivity contribution in [1.29, 1.82) is 5.41 Å². The number of methoxy groups -OCH3 is 1. The highest BCUT2D eigenvalue weighted by molar-refractivity contribution is 7.80. The van der Waals surface area contributed by atoms with Gasteiger partial charge in [0.05, 0.1) is 13.7 Å². The maximum absolute atomic E-state index is 14.3. The Labute approximate surface area is 240 Å². The van der Waals surface area contributed by atoms with E-state index in [1.54, 1.807) is 24.0 Å². The van der Waals surface area contributed by atoms with Gasteiger partial charge in [0.1, 0.15) is 22.8 Å². The number of amides is 1. The topological polar surface area (TPSA) is 118 Å². The molecule has 0 saturated carbocycles. The van der Waals surface area contributed by atoms with Crippen LogP contribution in [0.25, 0.3) is 22.4 Å². The number of pyridine rings is 1.